The molecule has 27 heavy (non-hydrogen) atoms. The Morgan fingerprint density at radius 3 is 2.59 bits per heavy atom. The highest BCUT2D eigenvalue weighted by Gasteiger charge is 2.12. The molecule has 2 rings (SSSR count). The molecular weight excluding hydrogens is 334 g/mol. The number of para-hydroxylation sites is 1. The Morgan fingerprint density at radius 2 is 1.93 bits per heavy atom. The Morgan fingerprint density at radius 1 is 1.15 bits per heavy atom. The molecule has 140 valence electrons. The average Bonchev–Trinajstić information content (AvgIpc) is 2.70. The summed E-state index contributed by atoms with van der Waals surface area (Å²) in [4.78, 5) is 12.0. The third-order valence-corrected chi connectivity index (χ3v) is 4.71. The molecular formula is C24H27NO2. The number of hydrogen-bond acceptors (Lipinski definition) is 3. The molecule has 0 saturated carbocycles. The number of ether oxygens (including phenoxy) is 1. The molecule has 2 aromatic rings. The number of unbranched alkanes of at least 4 members (excludes halogenated alkanes) is 1. The molecule has 3 heteroatoms. The van der Waals surface area contributed by atoms with Gasteiger partial charge >= 0.3 is 5.97 Å². The fourth-order valence-corrected chi connectivity index (χ4v) is 3.12. The van der Waals surface area contributed by atoms with Crippen LogP contribution in [0.3, 0.4) is 0 Å². The maximum atomic E-state index is 12.0. The lowest BCUT2D eigenvalue weighted by Crippen LogP contribution is -2.06. The number of hydrogen-bond donors (Lipinski definition) is 0. The summed E-state index contributed by atoms with van der Waals surface area (Å²) in [5, 5.41) is 9.66. The Bertz CT molecular complexity index is 803. The first kappa shape index (κ1) is 20.5. The van der Waals surface area contributed by atoms with E-state index in [0.717, 1.165) is 24.0 Å². The van der Waals surface area contributed by atoms with Gasteiger partial charge in [-0.15, -0.1) is 0 Å². The van der Waals surface area contributed by atoms with E-state index >= 15 is 0 Å². The highest BCUT2D eigenvalue weighted by molar-refractivity contribution is 5.89. The fourth-order valence-electron chi connectivity index (χ4n) is 3.12. The summed E-state index contributed by atoms with van der Waals surface area (Å²) in [5.74, 6) is 0.632. The van der Waals surface area contributed by atoms with Crippen molar-refractivity contribution in [2.24, 2.45) is 5.92 Å². The number of carbonyl (C=O) groups excluding carboxylic acids is 1. The van der Waals surface area contributed by atoms with Gasteiger partial charge in [-0.05, 0) is 41.7 Å². The normalized spacial score (nSPS) is 11.9. The first-order valence-corrected chi connectivity index (χ1v) is 9.64. The molecule has 0 aliphatic carbocycles. The molecule has 3 nitrogen and oxygen atoms in total. The van der Waals surface area contributed by atoms with Crippen molar-refractivity contribution in [3.05, 3.63) is 71.3 Å². The van der Waals surface area contributed by atoms with Crippen LogP contribution in [0.4, 0.5) is 0 Å². The van der Waals surface area contributed by atoms with Gasteiger partial charge in [0.2, 0.25) is 0 Å². The topological polar surface area (TPSA) is 50.1 Å². The molecule has 0 heterocycles. The van der Waals surface area contributed by atoms with Gasteiger partial charge < -0.3 is 4.74 Å². The van der Waals surface area contributed by atoms with Gasteiger partial charge in [0.15, 0.2) is 0 Å². The maximum absolute atomic E-state index is 12.0. The number of nitrogens with zero attached hydrogens (tertiary/aromatic N) is 1. The summed E-state index contributed by atoms with van der Waals surface area (Å²) >= 11 is 0. The second kappa shape index (κ2) is 11.0. The zero-order valence-corrected chi connectivity index (χ0v) is 16.2. The summed E-state index contributed by atoms with van der Waals surface area (Å²) in [7, 11) is 0. The quantitative estimate of drug-likeness (QED) is 0.316. The van der Waals surface area contributed by atoms with Gasteiger partial charge in [-0.1, -0.05) is 75.9 Å². The molecule has 1 unspecified atom stereocenters. The van der Waals surface area contributed by atoms with Crippen LogP contribution in [-0.4, -0.2) is 5.97 Å². The van der Waals surface area contributed by atoms with Gasteiger partial charge in [0.1, 0.15) is 11.8 Å². The van der Waals surface area contributed by atoms with Crippen LogP contribution in [0.5, 0.6) is 5.75 Å². The second-order valence-corrected chi connectivity index (χ2v) is 6.68. The lowest BCUT2D eigenvalue weighted by atomic mass is 9.88. The lowest BCUT2D eigenvalue weighted by Gasteiger charge is -2.16. The molecule has 0 amide bonds. The fraction of sp³-hybridized carbons (Fsp3) is 0.333. The summed E-state index contributed by atoms with van der Waals surface area (Å²) < 4.78 is 5.26. The van der Waals surface area contributed by atoms with Crippen molar-refractivity contribution >= 4 is 12.0 Å². The average molecular weight is 361 g/mol. The number of carbonyl (C=O) groups is 1. The van der Waals surface area contributed by atoms with Crippen molar-refractivity contribution in [2.45, 2.75) is 46.0 Å². The summed E-state index contributed by atoms with van der Waals surface area (Å²) in [6.45, 7) is 4.41. The van der Waals surface area contributed by atoms with Gasteiger partial charge in [-0.2, -0.15) is 5.26 Å². The zero-order valence-electron chi connectivity index (χ0n) is 16.2. The molecule has 0 spiro atoms. The molecule has 0 N–H and O–H groups in total. The van der Waals surface area contributed by atoms with E-state index in [0.29, 0.717) is 17.2 Å². The van der Waals surface area contributed by atoms with Crippen LogP contribution >= 0.6 is 0 Å². The molecule has 0 aromatic heterocycles. The number of nitriles is 1. The third-order valence-electron chi connectivity index (χ3n) is 4.71. The van der Waals surface area contributed by atoms with Gasteiger partial charge in [0, 0.05) is 6.08 Å². The molecule has 2 aromatic carbocycles. The first-order valence-electron chi connectivity index (χ1n) is 9.64. The third kappa shape index (κ3) is 6.42. The Kier molecular flexibility index (Phi) is 8.32. The summed E-state index contributed by atoms with van der Waals surface area (Å²) in [6, 6.07) is 17.1. The van der Waals surface area contributed by atoms with E-state index in [1.165, 1.54) is 25.3 Å². The van der Waals surface area contributed by atoms with Crippen LogP contribution in [0.25, 0.3) is 6.08 Å². The maximum Gasteiger partial charge on any atom is 0.336 e. The monoisotopic (exact) mass is 361 g/mol. The van der Waals surface area contributed by atoms with E-state index in [-0.39, 0.29) is 0 Å². The minimum Gasteiger partial charge on any atom is -0.423 e. The number of benzene rings is 2. The highest BCUT2D eigenvalue weighted by atomic mass is 16.5. The van der Waals surface area contributed by atoms with E-state index in [4.69, 9.17) is 4.74 Å². The van der Waals surface area contributed by atoms with Crippen molar-refractivity contribution in [1.82, 2.24) is 0 Å². The lowest BCUT2D eigenvalue weighted by molar-refractivity contribution is -0.128. The molecule has 0 fully saturated rings. The van der Waals surface area contributed by atoms with E-state index in [9.17, 15) is 10.1 Å². The van der Waals surface area contributed by atoms with Crippen LogP contribution in [0.1, 0.15) is 56.2 Å². The first-order chi connectivity index (χ1) is 13.2. The summed E-state index contributed by atoms with van der Waals surface area (Å²) in [5.41, 5.74) is 2.46. The predicted octanol–water partition coefficient (Wildman–Crippen LogP) is 5.94. The molecule has 1 atom stereocenters. The van der Waals surface area contributed by atoms with E-state index in [2.05, 4.69) is 19.9 Å². The van der Waals surface area contributed by atoms with Crippen molar-refractivity contribution < 1.29 is 9.53 Å². The van der Waals surface area contributed by atoms with Crippen LogP contribution < -0.4 is 4.74 Å². The SMILES string of the molecule is CCCCC(CC)Cc1cccc(/C=C/C(=O)Oc2ccccc2)c1C#N. The molecule has 0 saturated heterocycles. The summed E-state index contributed by atoms with van der Waals surface area (Å²) in [6.07, 6.45) is 8.63. The van der Waals surface area contributed by atoms with Crippen LogP contribution in [0.15, 0.2) is 54.6 Å². The molecule has 0 bridgehead atoms. The highest BCUT2D eigenvalue weighted by Crippen LogP contribution is 2.23. The van der Waals surface area contributed by atoms with Crippen LogP contribution in [0, 0.1) is 17.2 Å². The minimum absolute atomic E-state index is 0.454. The van der Waals surface area contributed by atoms with E-state index in [1.807, 2.05) is 36.4 Å². The molecule has 0 radical (unpaired) electrons. The van der Waals surface area contributed by atoms with E-state index < -0.39 is 5.97 Å². The largest absolute Gasteiger partial charge is 0.423 e. The molecule has 0 aliphatic rings. The van der Waals surface area contributed by atoms with Gasteiger partial charge in [0.05, 0.1) is 5.56 Å². The zero-order chi connectivity index (χ0) is 19.5. The Labute approximate surface area is 162 Å². The smallest absolute Gasteiger partial charge is 0.336 e. The number of esters is 1. The Hall–Kier alpha value is -2.86. The van der Waals surface area contributed by atoms with E-state index in [1.54, 1.807) is 18.2 Å². The van der Waals surface area contributed by atoms with Gasteiger partial charge in [-0.25, -0.2) is 4.79 Å². The molecule has 0 aliphatic heterocycles. The predicted molar refractivity (Wildman–Crippen MR) is 109 cm³/mol. The Balaban J connectivity index is 2.12. The standard InChI is InChI=1S/C24H27NO2/c1-3-5-10-19(4-2)17-21-12-9-11-20(23(21)18-25)15-16-24(26)27-22-13-7-6-8-14-22/h6-9,11-16,19H,3-5,10,17H2,1-2H3/b16-15+. The van der Waals surface area contributed by atoms with Crippen molar-refractivity contribution in [1.29, 1.82) is 5.26 Å². The van der Waals surface area contributed by atoms with Crippen molar-refractivity contribution in [3.8, 4) is 11.8 Å². The van der Waals surface area contributed by atoms with Gasteiger partial charge in [0.25, 0.3) is 0 Å². The van der Waals surface area contributed by atoms with Crippen LogP contribution in [0.2, 0.25) is 0 Å². The van der Waals surface area contributed by atoms with Crippen molar-refractivity contribution in [2.75, 3.05) is 0 Å². The minimum atomic E-state index is -0.454. The van der Waals surface area contributed by atoms with Crippen molar-refractivity contribution in [3.63, 3.8) is 0 Å². The number of rotatable bonds is 9. The van der Waals surface area contributed by atoms with Gasteiger partial charge in [-0.3, -0.25) is 0 Å². The van der Waals surface area contributed by atoms with Crippen LogP contribution in [-0.2, 0) is 11.2 Å². The second-order valence-electron chi connectivity index (χ2n) is 6.68.